The van der Waals surface area contributed by atoms with Gasteiger partial charge in [-0.1, -0.05) is 23.7 Å². The van der Waals surface area contributed by atoms with Crippen LogP contribution in [0.2, 0.25) is 5.02 Å². The molecule has 0 fully saturated rings. The number of para-hydroxylation sites is 1. The van der Waals surface area contributed by atoms with Gasteiger partial charge in [-0.3, -0.25) is 14.9 Å². The molecule has 6 heteroatoms. The molecule has 0 aliphatic heterocycles. The molecule has 0 saturated heterocycles. The first-order chi connectivity index (χ1) is 7.06. The number of carbonyl (C=O) groups is 1. The summed E-state index contributed by atoms with van der Waals surface area (Å²) in [6, 6.07) is 4.43. The van der Waals surface area contributed by atoms with Gasteiger partial charge in [0.25, 0.3) is 5.69 Å². The molecule has 0 bridgehead atoms. The van der Waals surface area contributed by atoms with Gasteiger partial charge in [0.1, 0.15) is 5.02 Å². The van der Waals surface area contributed by atoms with E-state index in [1.54, 1.807) is 6.07 Å². The number of hydrogen-bond acceptors (Lipinski definition) is 4. The molecule has 0 aromatic heterocycles. The minimum Gasteiger partial charge on any atom is -0.469 e. The normalized spacial score (nSPS) is 9.73. The van der Waals surface area contributed by atoms with Crippen LogP contribution in [0.5, 0.6) is 0 Å². The summed E-state index contributed by atoms with van der Waals surface area (Å²) in [7, 11) is 1.22. The quantitative estimate of drug-likeness (QED) is 0.451. The number of methoxy groups -OCH3 is 1. The fourth-order valence-electron chi connectivity index (χ4n) is 1.13. The van der Waals surface area contributed by atoms with Crippen LogP contribution in [0.15, 0.2) is 18.2 Å². The number of hydrogen-bond donors (Lipinski definition) is 0. The molecule has 0 aliphatic rings. The summed E-state index contributed by atoms with van der Waals surface area (Å²) in [6.45, 7) is 0. The Hall–Kier alpha value is -1.62. The van der Waals surface area contributed by atoms with Gasteiger partial charge in [0.15, 0.2) is 0 Å². The third-order valence-electron chi connectivity index (χ3n) is 1.82. The Kier molecular flexibility index (Phi) is 3.62. The number of halogens is 1. The monoisotopic (exact) mass is 229 g/mol. The molecular formula is C9H8ClNO4. The number of nitro benzene ring substituents is 1. The Morgan fingerprint density at radius 1 is 1.60 bits per heavy atom. The van der Waals surface area contributed by atoms with Crippen LogP contribution in [0.3, 0.4) is 0 Å². The van der Waals surface area contributed by atoms with Crippen molar-refractivity contribution in [1.82, 2.24) is 0 Å². The zero-order valence-corrected chi connectivity index (χ0v) is 8.65. The predicted octanol–water partition coefficient (Wildman–Crippen LogP) is 1.96. The van der Waals surface area contributed by atoms with Crippen molar-refractivity contribution in [1.29, 1.82) is 0 Å². The van der Waals surface area contributed by atoms with E-state index in [1.165, 1.54) is 19.2 Å². The van der Waals surface area contributed by atoms with Gasteiger partial charge in [-0.15, -0.1) is 0 Å². The predicted molar refractivity (Wildman–Crippen MR) is 53.8 cm³/mol. The van der Waals surface area contributed by atoms with Crippen LogP contribution in [0, 0.1) is 10.1 Å². The maximum atomic E-state index is 11.0. The molecule has 1 aromatic rings. The molecule has 1 aromatic carbocycles. The summed E-state index contributed by atoms with van der Waals surface area (Å²) in [6.07, 6.45) is -0.159. The Labute approximate surface area is 90.8 Å². The third-order valence-corrected chi connectivity index (χ3v) is 2.12. The van der Waals surface area contributed by atoms with E-state index in [1.807, 2.05) is 0 Å². The number of rotatable bonds is 3. The van der Waals surface area contributed by atoms with Crippen LogP contribution in [-0.2, 0) is 16.0 Å². The minimum absolute atomic E-state index is 0.0152. The van der Waals surface area contributed by atoms with Gasteiger partial charge < -0.3 is 4.74 Å². The molecule has 0 N–H and O–H groups in total. The van der Waals surface area contributed by atoms with E-state index in [0.29, 0.717) is 0 Å². The van der Waals surface area contributed by atoms with Gasteiger partial charge in [-0.2, -0.15) is 0 Å². The summed E-state index contributed by atoms with van der Waals surface area (Å²) < 4.78 is 4.42. The molecule has 0 saturated carbocycles. The van der Waals surface area contributed by atoms with E-state index >= 15 is 0 Å². The van der Waals surface area contributed by atoms with Gasteiger partial charge in [0.05, 0.1) is 18.5 Å². The summed E-state index contributed by atoms with van der Waals surface area (Å²) in [5.74, 6) is -0.541. The van der Waals surface area contributed by atoms with Crippen LogP contribution >= 0.6 is 11.6 Å². The highest BCUT2D eigenvalue weighted by Gasteiger charge is 2.20. The van der Waals surface area contributed by atoms with Crippen molar-refractivity contribution in [3.05, 3.63) is 38.9 Å². The number of nitro groups is 1. The molecule has 0 amide bonds. The molecular weight excluding hydrogens is 222 g/mol. The average Bonchev–Trinajstić information content (AvgIpc) is 2.17. The standard InChI is InChI=1S/C9H8ClNO4/c1-15-8(12)5-6-3-2-4-7(10)9(6)11(13)14/h2-4H,5H2,1H3. The van der Waals surface area contributed by atoms with Crippen molar-refractivity contribution in [2.75, 3.05) is 7.11 Å². The van der Waals surface area contributed by atoms with E-state index in [-0.39, 0.29) is 22.7 Å². The molecule has 0 unspecified atom stereocenters. The van der Waals surface area contributed by atoms with Crippen LogP contribution in [0.4, 0.5) is 5.69 Å². The molecule has 0 radical (unpaired) electrons. The second-order valence-corrected chi connectivity index (χ2v) is 3.16. The first-order valence-electron chi connectivity index (χ1n) is 4.05. The maximum absolute atomic E-state index is 11.0. The second-order valence-electron chi connectivity index (χ2n) is 2.76. The summed E-state index contributed by atoms with van der Waals surface area (Å²) in [4.78, 5) is 21.1. The lowest BCUT2D eigenvalue weighted by atomic mass is 10.1. The first kappa shape index (κ1) is 11.5. The van der Waals surface area contributed by atoms with Crippen molar-refractivity contribution in [3.63, 3.8) is 0 Å². The lowest BCUT2D eigenvalue weighted by Crippen LogP contribution is -2.07. The van der Waals surface area contributed by atoms with E-state index < -0.39 is 10.9 Å². The van der Waals surface area contributed by atoms with Crippen molar-refractivity contribution in [2.45, 2.75) is 6.42 Å². The molecule has 15 heavy (non-hydrogen) atoms. The van der Waals surface area contributed by atoms with Gasteiger partial charge in [0.2, 0.25) is 0 Å². The van der Waals surface area contributed by atoms with E-state index in [0.717, 1.165) is 0 Å². The van der Waals surface area contributed by atoms with Crippen molar-refractivity contribution in [3.8, 4) is 0 Å². The summed E-state index contributed by atoms with van der Waals surface area (Å²) >= 11 is 5.66. The van der Waals surface area contributed by atoms with Gasteiger partial charge in [-0.25, -0.2) is 0 Å². The van der Waals surface area contributed by atoms with E-state index in [4.69, 9.17) is 11.6 Å². The SMILES string of the molecule is COC(=O)Cc1cccc(Cl)c1[N+](=O)[O-]. The Morgan fingerprint density at radius 3 is 2.80 bits per heavy atom. The second kappa shape index (κ2) is 4.75. The van der Waals surface area contributed by atoms with Crippen molar-refractivity contribution in [2.24, 2.45) is 0 Å². The molecule has 0 spiro atoms. The number of nitrogens with zero attached hydrogens (tertiary/aromatic N) is 1. The topological polar surface area (TPSA) is 69.4 Å². The number of carbonyl (C=O) groups excluding carboxylic acids is 1. The number of benzene rings is 1. The zero-order chi connectivity index (χ0) is 11.4. The van der Waals surface area contributed by atoms with Crippen LogP contribution in [-0.4, -0.2) is 18.0 Å². The van der Waals surface area contributed by atoms with E-state index in [2.05, 4.69) is 4.74 Å². The highest BCUT2D eigenvalue weighted by Crippen LogP contribution is 2.28. The number of ether oxygens (including phenoxy) is 1. The van der Waals surface area contributed by atoms with Gasteiger partial charge >= 0.3 is 5.97 Å². The van der Waals surface area contributed by atoms with Crippen molar-refractivity contribution >= 4 is 23.3 Å². The van der Waals surface area contributed by atoms with Crippen LogP contribution in [0.1, 0.15) is 5.56 Å². The molecule has 0 heterocycles. The molecule has 0 aliphatic carbocycles. The molecule has 0 atom stereocenters. The zero-order valence-electron chi connectivity index (χ0n) is 7.90. The highest BCUT2D eigenvalue weighted by molar-refractivity contribution is 6.32. The highest BCUT2D eigenvalue weighted by atomic mass is 35.5. The fraction of sp³-hybridized carbons (Fsp3) is 0.222. The molecule has 1 rings (SSSR count). The van der Waals surface area contributed by atoms with Gasteiger partial charge in [0, 0.05) is 5.56 Å². The minimum atomic E-state index is -0.611. The average molecular weight is 230 g/mol. The Morgan fingerprint density at radius 2 is 2.27 bits per heavy atom. The van der Waals surface area contributed by atoms with Gasteiger partial charge in [-0.05, 0) is 6.07 Å². The van der Waals surface area contributed by atoms with E-state index in [9.17, 15) is 14.9 Å². The Bertz CT molecular complexity index is 405. The fourth-order valence-corrected chi connectivity index (χ4v) is 1.40. The lowest BCUT2D eigenvalue weighted by molar-refractivity contribution is -0.385. The van der Waals surface area contributed by atoms with Crippen molar-refractivity contribution < 1.29 is 14.5 Å². The first-order valence-corrected chi connectivity index (χ1v) is 4.42. The summed E-state index contributed by atoms with van der Waals surface area (Å²) in [5.41, 5.74) is 0.00363. The van der Waals surface area contributed by atoms with Crippen LogP contribution < -0.4 is 0 Å². The molecule has 5 nitrogen and oxygen atoms in total. The third kappa shape index (κ3) is 2.66. The Balaban J connectivity index is 3.11. The lowest BCUT2D eigenvalue weighted by Gasteiger charge is -2.02. The van der Waals surface area contributed by atoms with Crippen LogP contribution in [0.25, 0.3) is 0 Å². The number of esters is 1. The smallest absolute Gasteiger partial charge is 0.310 e. The maximum Gasteiger partial charge on any atom is 0.310 e. The largest absolute Gasteiger partial charge is 0.469 e. The summed E-state index contributed by atoms with van der Waals surface area (Å²) in [5, 5.41) is 10.7. The molecule has 80 valence electrons.